The fraction of sp³-hybridized carbons (Fsp3) is 0.538. The Labute approximate surface area is 100 Å². The van der Waals surface area contributed by atoms with Gasteiger partial charge in [0.05, 0.1) is 0 Å². The molecule has 0 aromatic heterocycles. The molecule has 1 aliphatic rings. The van der Waals surface area contributed by atoms with E-state index in [9.17, 15) is 0 Å². The first-order valence-corrected chi connectivity index (χ1v) is 6.53. The van der Waals surface area contributed by atoms with Gasteiger partial charge in [-0.3, -0.25) is 0 Å². The van der Waals surface area contributed by atoms with Crippen molar-refractivity contribution in [2.24, 2.45) is 5.92 Å². The molecule has 1 aromatic carbocycles. The first-order valence-electron chi connectivity index (χ1n) is 5.73. The maximum Gasteiger partial charge on any atom is 0.0175 e. The summed E-state index contributed by atoms with van der Waals surface area (Å²) in [5, 5.41) is 3.42. The molecule has 2 heteroatoms. The van der Waals surface area contributed by atoms with E-state index in [1.807, 2.05) is 0 Å². The second-order valence-corrected chi connectivity index (χ2v) is 5.34. The monoisotopic (exact) mass is 267 g/mol. The number of rotatable bonds is 2. The fourth-order valence-electron chi connectivity index (χ4n) is 2.38. The average Bonchev–Trinajstić information content (AvgIpc) is 2.30. The highest BCUT2D eigenvalue weighted by atomic mass is 79.9. The largest absolute Gasteiger partial charge is 0.317 e. The second-order valence-electron chi connectivity index (χ2n) is 4.43. The summed E-state index contributed by atoms with van der Waals surface area (Å²) in [5.41, 5.74) is 1.48. The lowest BCUT2D eigenvalue weighted by atomic mass is 9.82. The van der Waals surface area contributed by atoms with Gasteiger partial charge in [-0.2, -0.15) is 0 Å². The predicted molar refractivity (Wildman–Crippen MR) is 68.2 cm³/mol. The van der Waals surface area contributed by atoms with Gasteiger partial charge in [-0.15, -0.1) is 0 Å². The zero-order valence-corrected chi connectivity index (χ0v) is 10.8. The highest BCUT2D eigenvalue weighted by Gasteiger charge is 2.20. The Kier molecular flexibility index (Phi) is 3.81. The van der Waals surface area contributed by atoms with Crippen LogP contribution in [-0.2, 0) is 0 Å². The number of hydrogen-bond donors (Lipinski definition) is 1. The molecule has 1 aromatic rings. The van der Waals surface area contributed by atoms with Gasteiger partial charge in [0.2, 0.25) is 0 Å². The summed E-state index contributed by atoms with van der Waals surface area (Å²) in [7, 11) is 0. The van der Waals surface area contributed by atoms with Crippen LogP contribution in [0.25, 0.3) is 0 Å². The van der Waals surface area contributed by atoms with Crippen LogP contribution in [0.15, 0.2) is 28.7 Å². The second kappa shape index (κ2) is 5.13. The topological polar surface area (TPSA) is 12.0 Å². The summed E-state index contributed by atoms with van der Waals surface area (Å²) in [6.45, 7) is 4.73. The van der Waals surface area contributed by atoms with Crippen molar-refractivity contribution in [3.63, 3.8) is 0 Å². The molecule has 0 spiro atoms. The maximum absolute atomic E-state index is 3.48. The SMILES string of the molecule is CC(c1ccc(Br)cc1)C1CCNCC1. The number of hydrogen-bond acceptors (Lipinski definition) is 1. The number of nitrogens with one attached hydrogen (secondary N) is 1. The van der Waals surface area contributed by atoms with Crippen molar-refractivity contribution < 1.29 is 0 Å². The smallest absolute Gasteiger partial charge is 0.0175 e. The van der Waals surface area contributed by atoms with E-state index < -0.39 is 0 Å². The van der Waals surface area contributed by atoms with Gasteiger partial charge >= 0.3 is 0 Å². The molecule has 15 heavy (non-hydrogen) atoms. The summed E-state index contributed by atoms with van der Waals surface area (Å²) in [6, 6.07) is 8.79. The Morgan fingerprint density at radius 3 is 2.40 bits per heavy atom. The normalized spacial score (nSPS) is 20.1. The molecule has 1 aliphatic heterocycles. The molecule has 1 unspecified atom stereocenters. The van der Waals surface area contributed by atoms with Crippen molar-refractivity contribution in [1.82, 2.24) is 5.32 Å². The van der Waals surface area contributed by atoms with Gasteiger partial charge in [0.25, 0.3) is 0 Å². The van der Waals surface area contributed by atoms with Gasteiger partial charge in [0.15, 0.2) is 0 Å². The molecule has 0 bridgehead atoms. The summed E-state index contributed by atoms with van der Waals surface area (Å²) in [5.74, 6) is 1.55. The zero-order valence-electron chi connectivity index (χ0n) is 9.17. The molecule has 82 valence electrons. The molecule has 0 radical (unpaired) electrons. The standard InChI is InChI=1S/C13H18BrN/c1-10(12-6-8-15-9-7-12)11-2-4-13(14)5-3-11/h2-5,10,12,15H,6-9H2,1H3. The Morgan fingerprint density at radius 1 is 1.20 bits per heavy atom. The third-order valence-electron chi connectivity index (χ3n) is 3.49. The van der Waals surface area contributed by atoms with Crippen LogP contribution in [0, 0.1) is 5.92 Å². The van der Waals surface area contributed by atoms with Gasteiger partial charge < -0.3 is 5.32 Å². The van der Waals surface area contributed by atoms with Gasteiger partial charge in [-0.1, -0.05) is 35.0 Å². The van der Waals surface area contributed by atoms with Crippen LogP contribution >= 0.6 is 15.9 Å². The van der Waals surface area contributed by atoms with E-state index in [1.165, 1.54) is 36.0 Å². The van der Waals surface area contributed by atoms with Gasteiger partial charge in [0.1, 0.15) is 0 Å². The highest BCUT2D eigenvalue weighted by molar-refractivity contribution is 9.10. The third kappa shape index (κ3) is 2.82. The van der Waals surface area contributed by atoms with Crippen LogP contribution < -0.4 is 5.32 Å². The fourth-order valence-corrected chi connectivity index (χ4v) is 2.65. The quantitative estimate of drug-likeness (QED) is 0.864. The Balaban J connectivity index is 2.05. The molecule has 1 N–H and O–H groups in total. The number of benzene rings is 1. The number of halogens is 1. The minimum Gasteiger partial charge on any atom is -0.317 e. The average molecular weight is 268 g/mol. The molecule has 1 nitrogen and oxygen atoms in total. The lowest BCUT2D eigenvalue weighted by Crippen LogP contribution is -2.30. The molecular weight excluding hydrogens is 250 g/mol. The maximum atomic E-state index is 3.48. The van der Waals surface area contributed by atoms with E-state index in [0.717, 1.165) is 5.92 Å². The molecule has 1 heterocycles. The van der Waals surface area contributed by atoms with Crippen molar-refractivity contribution in [3.05, 3.63) is 34.3 Å². The van der Waals surface area contributed by atoms with Crippen molar-refractivity contribution in [3.8, 4) is 0 Å². The molecule has 0 amide bonds. The van der Waals surface area contributed by atoms with E-state index in [1.54, 1.807) is 0 Å². The van der Waals surface area contributed by atoms with Crippen LogP contribution in [0.2, 0.25) is 0 Å². The number of piperidine rings is 1. The first-order chi connectivity index (χ1) is 7.27. The van der Waals surface area contributed by atoms with Crippen LogP contribution in [0.1, 0.15) is 31.2 Å². The molecule has 0 aliphatic carbocycles. The van der Waals surface area contributed by atoms with Gasteiger partial charge in [-0.05, 0) is 55.5 Å². The van der Waals surface area contributed by atoms with E-state index in [2.05, 4.69) is 52.4 Å². The predicted octanol–water partition coefficient (Wildman–Crippen LogP) is 3.55. The molecule has 1 saturated heterocycles. The molecular formula is C13H18BrN. The minimum absolute atomic E-state index is 0.695. The zero-order chi connectivity index (χ0) is 10.7. The molecule has 1 atom stereocenters. The minimum atomic E-state index is 0.695. The van der Waals surface area contributed by atoms with Crippen molar-refractivity contribution in [2.45, 2.75) is 25.7 Å². The van der Waals surface area contributed by atoms with Crippen LogP contribution in [0.5, 0.6) is 0 Å². The lowest BCUT2D eigenvalue weighted by molar-refractivity contribution is 0.330. The van der Waals surface area contributed by atoms with E-state index in [4.69, 9.17) is 0 Å². The summed E-state index contributed by atoms with van der Waals surface area (Å²) in [4.78, 5) is 0. The van der Waals surface area contributed by atoms with E-state index >= 15 is 0 Å². The summed E-state index contributed by atoms with van der Waals surface area (Å²) in [6.07, 6.45) is 2.63. The Morgan fingerprint density at radius 2 is 1.80 bits per heavy atom. The van der Waals surface area contributed by atoms with Crippen molar-refractivity contribution in [1.29, 1.82) is 0 Å². The summed E-state index contributed by atoms with van der Waals surface area (Å²) < 4.78 is 1.17. The molecule has 0 saturated carbocycles. The van der Waals surface area contributed by atoms with Gasteiger partial charge in [-0.25, -0.2) is 0 Å². The third-order valence-corrected chi connectivity index (χ3v) is 4.02. The van der Waals surface area contributed by atoms with Crippen LogP contribution in [0.4, 0.5) is 0 Å². The van der Waals surface area contributed by atoms with Crippen molar-refractivity contribution >= 4 is 15.9 Å². The van der Waals surface area contributed by atoms with Crippen LogP contribution in [-0.4, -0.2) is 13.1 Å². The van der Waals surface area contributed by atoms with Gasteiger partial charge in [0, 0.05) is 4.47 Å². The molecule has 1 fully saturated rings. The highest BCUT2D eigenvalue weighted by Crippen LogP contribution is 2.30. The Bertz CT molecular complexity index is 301. The molecule has 2 rings (SSSR count). The Hall–Kier alpha value is -0.340. The lowest BCUT2D eigenvalue weighted by Gasteiger charge is -2.28. The van der Waals surface area contributed by atoms with E-state index in [-0.39, 0.29) is 0 Å². The first kappa shape index (κ1) is 11.2. The van der Waals surface area contributed by atoms with E-state index in [0.29, 0.717) is 5.92 Å². The van der Waals surface area contributed by atoms with Crippen LogP contribution in [0.3, 0.4) is 0 Å². The van der Waals surface area contributed by atoms with Crippen molar-refractivity contribution in [2.75, 3.05) is 13.1 Å². The summed E-state index contributed by atoms with van der Waals surface area (Å²) >= 11 is 3.48.